The van der Waals surface area contributed by atoms with Crippen LogP contribution in [0.3, 0.4) is 0 Å². The van der Waals surface area contributed by atoms with E-state index in [-0.39, 0.29) is 5.41 Å². The largest absolute Gasteiger partial charge is 0.380 e. The first kappa shape index (κ1) is 14.0. The number of nitrogens with zero attached hydrogens (tertiary/aromatic N) is 1. The molecule has 0 bridgehead atoms. The summed E-state index contributed by atoms with van der Waals surface area (Å²) < 4.78 is 5.55. The molecule has 0 amide bonds. The van der Waals surface area contributed by atoms with Gasteiger partial charge >= 0.3 is 0 Å². The summed E-state index contributed by atoms with van der Waals surface area (Å²) in [4.78, 5) is 14.0. The van der Waals surface area contributed by atoms with Crippen LogP contribution in [0.25, 0.3) is 0 Å². The minimum Gasteiger partial charge on any atom is -0.380 e. The Morgan fingerprint density at radius 2 is 2.17 bits per heavy atom. The highest BCUT2D eigenvalue weighted by Crippen LogP contribution is 2.33. The van der Waals surface area contributed by atoms with Gasteiger partial charge in [0, 0.05) is 25.7 Å². The lowest BCUT2D eigenvalue weighted by Crippen LogP contribution is -2.52. The van der Waals surface area contributed by atoms with Gasteiger partial charge in [-0.1, -0.05) is 13.8 Å². The second kappa shape index (κ2) is 5.70. The molecule has 0 aromatic rings. The molecule has 0 N–H and O–H groups in total. The summed E-state index contributed by atoms with van der Waals surface area (Å²) in [5, 5.41) is 0. The Hall–Kier alpha value is -0.410. The highest BCUT2D eigenvalue weighted by molar-refractivity contribution is 5.60. The van der Waals surface area contributed by atoms with Crippen molar-refractivity contribution in [1.82, 2.24) is 4.90 Å². The van der Waals surface area contributed by atoms with Gasteiger partial charge in [0.25, 0.3) is 0 Å². The Labute approximate surface area is 111 Å². The number of aldehydes is 1. The second-order valence-corrected chi connectivity index (χ2v) is 6.62. The fraction of sp³-hybridized carbons (Fsp3) is 0.933. The Balaban J connectivity index is 2.03. The second-order valence-electron chi connectivity index (χ2n) is 6.62. The lowest BCUT2D eigenvalue weighted by molar-refractivity contribution is -0.127. The third kappa shape index (κ3) is 2.94. The van der Waals surface area contributed by atoms with Gasteiger partial charge in [-0.3, -0.25) is 4.90 Å². The topological polar surface area (TPSA) is 29.5 Å². The zero-order valence-corrected chi connectivity index (χ0v) is 12.0. The number of carbonyl (C=O) groups excluding carboxylic acids is 1. The number of piperidine rings is 1. The van der Waals surface area contributed by atoms with E-state index in [9.17, 15) is 4.79 Å². The third-order valence-corrected chi connectivity index (χ3v) is 4.84. The van der Waals surface area contributed by atoms with Crippen molar-refractivity contribution in [3.63, 3.8) is 0 Å². The SMILES string of the molecule is CC1CC(C)C(C)N(CC2(C=O)CCCOC2)C1. The van der Waals surface area contributed by atoms with Gasteiger partial charge in [0.2, 0.25) is 0 Å². The van der Waals surface area contributed by atoms with E-state index in [2.05, 4.69) is 25.7 Å². The summed E-state index contributed by atoms with van der Waals surface area (Å²) in [7, 11) is 0. The van der Waals surface area contributed by atoms with E-state index < -0.39 is 0 Å². The highest BCUT2D eigenvalue weighted by atomic mass is 16.5. The summed E-state index contributed by atoms with van der Waals surface area (Å²) in [6, 6.07) is 0.583. The fourth-order valence-corrected chi connectivity index (χ4v) is 3.57. The molecule has 0 spiro atoms. The van der Waals surface area contributed by atoms with Crippen LogP contribution in [0.4, 0.5) is 0 Å². The standard InChI is InChI=1S/C15H27NO2/c1-12-7-13(2)14(3)16(8-12)9-15(10-17)5-4-6-18-11-15/h10,12-14H,4-9,11H2,1-3H3. The minimum absolute atomic E-state index is 0.247. The maximum absolute atomic E-state index is 11.5. The zero-order valence-electron chi connectivity index (χ0n) is 12.0. The van der Waals surface area contributed by atoms with Crippen molar-refractivity contribution in [3.8, 4) is 0 Å². The van der Waals surface area contributed by atoms with Crippen LogP contribution in [0.1, 0.15) is 40.0 Å². The molecule has 2 rings (SSSR count). The van der Waals surface area contributed by atoms with Crippen molar-refractivity contribution >= 4 is 6.29 Å². The average molecular weight is 253 g/mol. The molecule has 0 radical (unpaired) electrons. The van der Waals surface area contributed by atoms with Crippen LogP contribution in [-0.4, -0.2) is 43.5 Å². The van der Waals surface area contributed by atoms with Crippen molar-refractivity contribution < 1.29 is 9.53 Å². The van der Waals surface area contributed by atoms with E-state index in [1.54, 1.807) is 0 Å². The van der Waals surface area contributed by atoms with Crippen LogP contribution in [-0.2, 0) is 9.53 Å². The maximum Gasteiger partial charge on any atom is 0.129 e. The lowest BCUT2D eigenvalue weighted by Gasteiger charge is -2.45. The number of rotatable bonds is 3. The summed E-state index contributed by atoms with van der Waals surface area (Å²) in [6.07, 6.45) is 4.47. The first-order chi connectivity index (χ1) is 8.56. The van der Waals surface area contributed by atoms with Crippen molar-refractivity contribution in [2.75, 3.05) is 26.3 Å². The molecule has 18 heavy (non-hydrogen) atoms. The molecule has 2 saturated heterocycles. The van der Waals surface area contributed by atoms with Crippen molar-refractivity contribution in [3.05, 3.63) is 0 Å². The monoisotopic (exact) mass is 253 g/mol. The zero-order chi connectivity index (χ0) is 13.2. The Kier molecular flexibility index (Phi) is 4.44. The predicted octanol–water partition coefficient (Wildman–Crippen LogP) is 2.35. The van der Waals surface area contributed by atoms with Crippen molar-refractivity contribution in [2.24, 2.45) is 17.3 Å². The van der Waals surface area contributed by atoms with Crippen molar-refractivity contribution in [1.29, 1.82) is 0 Å². The van der Waals surface area contributed by atoms with E-state index in [0.717, 1.165) is 50.7 Å². The summed E-state index contributed by atoms with van der Waals surface area (Å²) in [5.74, 6) is 1.46. The molecule has 4 atom stereocenters. The average Bonchev–Trinajstić information content (AvgIpc) is 2.36. The Bertz CT molecular complexity index is 286. The molecule has 3 nitrogen and oxygen atoms in total. The number of hydrogen-bond donors (Lipinski definition) is 0. The molecular weight excluding hydrogens is 226 g/mol. The van der Waals surface area contributed by atoms with Crippen LogP contribution in [0.5, 0.6) is 0 Å². The van der Waals surface area contributed by atoms with Gasteiger partial charge in [0.05, 0.1) is 12.0 Å². The molecular formula is C15H27NO2. The smallest absolute Gasteiger partial charge is 0.129 e. The van der Waals surface area contributed by atoms with E-state index in [1.807, 2.05) is 0 Å². The maximum atomic E-state index is 11.5. The van der Waals surface area contributed by atoms with Crippen molar-refractivity contribution in [2.45, 2.75) is 46.1 Å². The van der Waals surface area contributed by atoms with Gasteiger partial charge in [-0.05, 0) is 38.0 Å². The Morgan fingerprint density at radius 1 is 1.39 bits per heavy atom. The summed E-state index contributed by atoms with van der Waals surface area (Å²) in [6.45, 7) is 10.4. The number of carbonyl (C=O) groups is 1. The lowest BCUT2D eigenvalue weighted by atomic mass is 9.80. The summed E-state index contributed by atoms with van der Waals surface area (Å²) >= 11 is 0. The normalized spacial score (nSPS) is 42.7. The third-order valence-electron chi connectivity index (χ3n) is 4.84. The van der Waals surface area contributed by atoms with Gasteiger partial charge in [-0.25, -0.2) is 0 Å². The number of hydrogen-bond acceptors (Lipinski definition) is 3. The molecule has 0 aliphatic carbocycles. The molecule has 0 aromatic heterocycles. The molecule has 104 valence electrons. The van der Waals surface area contributed by atoms with Crippen LogP contribution >= 0.6 is 0 Å². The summed E-state index contributed by atoms with van der Waals surface area (Å²) in [5.41, 5.74) is -0.247. The highest BCUT2D eigenvalue weighted by Gasteiger charge is 2.38. The molecule has 0 aromatic carbocycles. The van der Waals surface area contributed by atoms with Gasteiger partial charge in [0.15, 0.2) is 0 Å². The molecule has 2 aliphatic heterocycles. The first-order valence-corrected chi connectivity index (χ1v) is 7.34. The van der Waals surface area contributed by atoms with E-state index >= 15 is 0 Å². The van der Waals surface area contributed by atoms with E-state index in [1.165, 1.54) is 6.42 Å². The molecule has 3 heteroatoms. The van der Waals surface area contributed by atoms with Gasteiger partial charge < -0.3 is 9.53 Å². The molecule has 2 heterocycles. The van der Waals surface area contributed by atoms with Gasteiger partial charge in [-0.2, -0.15) is 0 Å². The van der Waals surface area contributed by atoms with Crippen LogP contribution in [0, 0.1) is 17.3 Å². The molecule has 4 unspecified atom stereocenters. The quantitative estimate of drug-likeness (QED) is 0.723. The number of ether oxygens (including phenoxy) is 1. The van der Waals surface area contributed by atoms with E-state index in [0.29, 0.717) is 12.6 Å². The fourth-order valence-electron chi connectivity index (χ4n) is 3.57. The van der Waals surface area contributed by atoms with Crippen LogP contribution in [0.2, 0.25) is 0 Å². The predicted molar refractivity (Wildman–Crippen MR) is 72.5 cm³/mol. The Morgan fingerprint density at radius 3 is 2.78 bits per heavy atom. The minimum atomic E-state index is -0.247. The van der Waals surface area contributed by atoms with Gasteiger partial charge in [0.1, 0.15) is 6.29 Å². The molecule has 2 fully saturated rings. The molecule has 0 saturated carbocycles. The van der Waals surface area contributed by atoms with Gasteiger partial charge in [-0.15, -0.1) is 0 Å². The number of likely N-dealkylation sites (tertiary alicyclic amines) is 1. The van der Waals surface area contributed by atoms with E-state index in [4.69, 9.17) is 4.74 Å². The molecule has 2 aliphatic rings. The van der Waals surface area contributed by atoms with Crippen LogP contribution < -0.4 is 0 Å². The first-order valence-electron chi connectivity index (χ1n) is 7.34. The van der Waals surface area contributed by atoms with Crippen LogP contribution in [0.15, 0.2) is 0 Å².